The Morgan fingerprint density at radius 2 is 1.90 bits per heavy atom. The molecule has 0 heterocycles. The summed E-state index contributed by atoms with van der Waals surface area (Å²) < 4.78 is 1.56. The van der Waals surface area contributed by atoms with Crippen LogP contribution in [-0.4, -0.2) is 5.11 Å². The van der Waals surface area contributed by atoms with Crippen LogP contribution in [0.4, 0.5) is 0 Å². The minimum atomic E-state index is 0.197. The summed E-state index contributed by atoms with van der Waals surface area (Å²) in [4.78, 5) is 0. The third-order valence-corrected chi connectivity index (χ3v) is 2.17. The number of hydrogen-bond donors (Lipinski definition) is 1. The van der Waals surface area contributed by atoms with Crippen molar-refractivity contribution in [2.75, 3.05) is 0 Å². The van der Waals surface area contributed by atoms with Crippen molar-refractivity contribution >= 4 is 31.9 Å². The molecule has 0 bridgehead atoms. The second-order valence-corrected chi connectivity index (χ2v) is 3.67. The lowest BCUT2D eigenvalue weighted by Gasteiger charge is -2.00. The van der Waals surface area contributed by atoms with Crippen molar-refractivity contribution in [3.05, 3.63) is 33.6 Å². The Kier molecular flexibility index (Phi) is 2.36. The van der Waals surface area contributed by atoms with Gasteiger partial charge >= 0.3 is 0 Å². The molecular formula is C7H5Br2O. The summed E-state index contributed by atoms with van der Waals surface area (Å²) in [5.41, 5.74) is 0.612. The van der Waals surface area contributed by atoms with Crippen LogP contribution < -0.4 is 0 Å². The largest absolute Gasteiger partial charge is 0.506 e. The van der Waals surface area contributed by atoms with Gasteiger partial charge in [0.25, 0.3) is 0 Å². The van der Waals surface area contributed by atoms with Crippen molar-refractivity contribution in [3.8, 4) is 5.75 Å². The molecule has 1 radical (unpaired) electrons. The predicted octanol–water partition coefficient (Wildman–Crippen LogP) is 3.10. The summed E-state index contributed by atoms with van der Waals surface area (Å²) in [7, 11) is 0. The molecule has 0 unspecified atom stereocenters. The van der Waals surface area contributed by atoms with E-state index in [1.165, 1.54) is 0 Å². The summed E-state index contributed by atoms with van der Waals surface area (Å²) in [6, 6.07) is 3.52. The Hall–Kier alpha value is -0.0200. The zero-order valence-corrected chi connectivity index (χ0v) is 8.24. The molecule has 0 aliphatic heterocycles. The molecule has 53 valence electrons. The van der Waals surface area contributed by atoms with Crippen LogP contribution in [-0.2, 0) is 0 Å². The molecule has 1 N–H and O–H groups in total. The molecule has 0 atom stereocenters. The first-order chi connectivity index (χ1) is 4.61. The highest BCUT2D eigenvalue weighted by atomic mass is 79.9. The molecule has 1 aromatic carbocycles. The second kappa shape index (κ2) is 2.93. The van der Waals surface area contributed by atoms with Gasteiger partial charge in [-0.15, -0.1) is 0 Å². The second-order valence-electron chi connectivity index (χ2n) is 1.90. The van der Waals surface area contributed by atoms with Gasteiger partial charge in [-0.2, -0.15) is 0 Å². The van der Waals surface area contributed by atoms with Crippen molar-refractivity contribution in [3.63, 3.8) is 0 Å². The van der Waals surface area contributed by atoms with Gasteiger partial charge in [-0.1, -0.05) is 15.9 Å². The molecule has 0 aromatic heterocycles. The average molecular weight is 265 g/mol. The summed E-state index contributed by atoms with van der Waals surface area (Å²) >= 11 is 6.44. The van der Waals surface area contributed by atoms with Gasteiger partial charge in [0.2, 0.25) is 0 Å². The molecule has 0 amide bonds. The maximum atomic E-state index is 9.20. The minimum absolute atomic E-state index is 0.197. The first-order valence-corrected chi connectivity index (χ1v) is 4.20. The highest BCUT2D eigenvalue weighted by Crippen LogP contribution is 2.30. The Morgan fingerprint density at radius 1 is 1.30 bits per heavy atom. The first kappa shape index (κ1) is 8.08. The number of phenols is 1. The van der Waals surface area contributed by atoms with E-state index in [-0.39, 0.29) is 5.75 Å². The lowest BCUT2D eigenvalue weighted by molar-refractivity contribution is 0.469. The number of rotatable bonds is 0. The average Bonchev–Trinajstić information content (AvgIpc) is 1.82. The molecule has 1 rings (SSSR count). The maximum Gasteiger partial charge on any atom is 0.133 e. The van der Waals surface area contributed by atoms with E-state index in [9.17, 15) is 5.11 Å². The van der Waals surface area contributed by atoms with E-state index in [0.717, 1.165) is 4.47 Å². The molecule has 3 heteroatoms. The lowest BCUT2D eigenvalue weighted by Crippen LogP contribution is -1.76. The fraction of sp³-hybridized carbons (Fsp3) is 0. The first-order valence-electron chi connectivity index (χ1n) is 2.61. The SMILES string of the molecule is [CH2]c1cc(Br)cc(Br)c1O. The molecule has 0 fully saturated rings. The molecule has 1 nitrogen and oxygen atoms in total. The van der Waals surface area contributed by atoms with Gasteiger partial charge in [0.15, 0.2) is 0 Å². The van der Waals surface area contributed by atoms with Gasteiger partial charge in [0.1, 0.15) is 5.75 Å². The molecule has 10 heavy (non-hydrogen) atoms. The van der Waals surface area contributed by atoms with Crippen molar-refractivity contribution in [2.24, 2.45) is 0 Å². The monoisotopic (exact) mass is 263 g/mol. The van der Waals surface area contributed by atoms with Gasteiger partial charge < -0.3 is 5.11 Å². The lowest BCUT2D eigenvalue weighted by atomic mass is 10.2. The van der Waals surface area contributed by atoms with Crippen LogP contribution in [0, 0.1) is 6.92 Å². The maximum absolute atomic E-state index is 9.20. The highest BCUT2D eigenvalue weighted by Gasteiger charge is 2.01. The van der Waals surface area contributed by atoms with E-state index in [4.69, 9.17) is 0 Å². The van der Waals surface area contributed by atoms with Crippen molar-refractivity contribution in [1.29, 1.82) is 0 Å². The molecular weight excluding hydrogens is 260 g/mol. The summed E-state index contributed by atoms with van der Waals surface area (Å²) in [6.07, 6.45) is 0. The van der Waals surface area contributed by atoms with Crippen LogP contribution in [0.25, 0.3) is 0 Å². The van der Waals surface area contributed by atoms with Crippen LogP contribution in [0.3, 0.4) is 0 Å². The van der Waals surface area contributed by atoms with Crippen LogP contribution in [0.1, 0.15) is 5.56 Å². The van der Waals surface area contributed by atoms with E-state index in [2.05, 4.69) is 38.8 Å². The quantitative estimate of drug-likeness (QED) is 0.764. The molecule has 0 spiro atoms. The molecule has 0 aliphatic carbocycles. The zero-order valence-electron chi connectivity index (χ0n) is 5.06. The Labute approximate surface area is 76.3 Å². The van der Waals surface area contributed by atoms with Crippen molar-refractivity contribution < 1.29 is 5.11 Å². The van der Waals surface area contributed by atoms with Gasteiger partial charge in [-0.3, -0.25) is 0 Å². The van der Waals surface area contributed by atoms with E-state index in [0.29, 0.717) is 10.0 Å². The number of halogens is 2. The fourth-order valence-corrected chi connectivity index (χ4v) is 1.93. The molecule has 0 saturated heterocycles. The van der Waals surface area contributed by atoms with Crippen LogP contribution in [0.5, 0.6) is 5.75 Å². The Morgan fingerprint density at radius 3 is 2.40 bits per heavy atom. The third-order valence-electron chi connectivity index (χ3n) is 1.11. The Bertz CT molecular complexity index is 235. The van der Waals surface area contributed by atoms with E-state index in [1.54, 1.807) is 12.1 Å². The standard InChI is InChI=1S/C7H5Br2O/c1-4-2-5(8)3-6(9)7(4)10/h2-3,10H,1H2. The van der Waals surface area contributed by atoms with Crippen LogP contribution in [0.15, 0.2) is 21.1 Å². The van der Waals surface area contributed by atoms with E-state index >= 15 is 0 Å². The van der Waals surface area contributed by atoms with Crippen LogP contribution >= 0.6 is 31.9 Å². The fourth-order valence-electron chi connectivity index (χ4n) is 0.619. The molecule has 0 saturated carbocycles. The van der Waals surface area contributed by atoms with E-state index in [1.807, 2.05) is 0 Å². The zero-order chi connectivity index (χ0) is 7.72. The van der Waals surface area contributed by atoms with Crippen molar-refractivity contribution in [2.45, 2.75) is 0 Å². The number of hydrogen-bond acceptors (Lipinski definition) is 1. The van der Waals surface area contributed by atoms with Gasteiger partial charge in [-0.05, 0) is 40.5 Å². The third kappa shape index (κ3) is 1.52. The Balaban J connectivity index is 3.31. The topological polar surface area (TPSA) is 20.2 Å². The minimum Gasteiger partial charge on any atom is -0.506 e. The summed E-state index contributed by atoms with van der Waals surface area (Å²) in [6.45, 7) is 3.63. The van der Waals surface area contributed by atoms with Gasteiger partial charge in [0.05, 0.1) is 4.47 Å². The smallest absolute Gasteiger partial charge is 0.133 e. The summed E-state index contributed by atoms with van der Waals surface area (Å²) in [5.74, 6) is 0.197. The van der Waals surface area contributed by atoms with E-state index < -0.39 is 0 Å². The van der Waals surface area contributed by atoms with Gasteiger partial charge in [-0.25, -0.2) is 0 Å². The van der Waals surface area contributed by atoms with Gasteiger partial charge in [0, 0.05) is 4.47 Å². The van der Waals surface area contributed by atoms with Crippen LogP contribution in [0.2, 0.25) is 0 Å². The molecule has 0 aliphatic rings. The predicted molar refractivity (Wildman–Crippen MR) is 48.0 cm³/mol. The normalized spacial score (nSPS) is 9.90. The molecule has 1 aromatic rings. The summed E-state index contributed by atoms with van der Waals surface area (Å²) in [5, 5.41) is 9.20. The highest BCUT2D eigenvalue weighted by molar-refractivity contribution is 9.11. The number of phenolic OH excluding ortho intramolecular Hbond substituents is 1. The number of aromatic hydroxyl groups is 1. The van der Waals surface area contributed by atoms with Crippen molar-refractivity contribution in [1.82, 2.24) is 0 Å². The number of benzene rings is 1.